The topological polar surface area (TPSA) is 80.0 Å². The zero-order chi connectivity index (χ0) is 13.8. The molecule has 0 radical (unpaired) electrons. The first-order chi connectivity index (χ1) is 9.15. The number of imidazole rings is 1. The number of aromatic nitrogens is 3. The first kappa shape index (κ1) is 13.5. The van der Waals surface area contributed by atoms with Crippen LogP contribution in [0.1, 0.15) is 30.1 Å². The third kappa shape index (κ3) is 2.90. The smallest absolute Gasteiger partial charge is 0.253 e. The SMILES string of the molecule is CCC(CCO)NC(=O)c1cnc2c(c1)ncn2C. The molecule has 2 aromatic heterocycles. The molecule has 0 aliphatic carbocycles. The largest absolute Gasteiger partial charge is 0.396 e. The minimum atomic E-state index is -0.180. The van der Waals surface area contributed by atoms with Crippen LogP contribution in [0.3, 0.4) is 0 Å². The van der Waals surface area contributed by atoms with Crippen molar-refractivity contribution in [3.63, 3.8) is 0 Å². The van der Waals surface area contributed by atoms with Crippen molar-refractivity contribution in [2.75, 3.05) is 6.61 Å². The van der Waals surface area contributed by atoms with Crippen LogP contribution < -0.4 is 5.32 Å². The van der Waals surface area contributed by atoms with Gasteiger partial charge in [0.05, 0.1) is 11.9 Å². The molecule has 0 aliphatic heterocycles. The van der Waals surface area contributed by atoms with Crippen LogP contribution in [0.4, 0.5) is 0 Å². The van der Waals surface area contributed by atoms with Crippen LogP contribution in [0.2, 0.25) is 0 Å². The number of nitrogens with zero attached hydrogens (tertiary/aromatic N) is 3. The van der Waals surface area contributed by atoms with Gasteiger partial charge in [-0.3, -0.25) is 4.79 Å². The van der Waals surface area contributed by atoms with E-state index in [1.165, 1.54) is 0 Å². The normalized spacial score (nSPS) is 12.6. The van der Waals surface area contributed by atoms with Gasteiger partial charge >= 0.3 is 0 Å². The summed E-state index contributed by atoms with van der Waals surface area (Å²) in [7, 11) is 1.86. The number of carbonyl (C=O) groups excluding carboxylic acids is 1. The number of aryl methyl sites for hydroxylation is 1. The first-order valence-electron chi connectivity index (χ1n) is 6.34. The number of fused-ring (bicyclic) bond motifs is 1. The van der Waals surface area contributed by atoms with Crippen molar-refractivity contribution in [1.29, 1.82) is 0 Å². The maximum atomic E-state index is 12.1. The van der Waals surface area contributed by atoms with E-state index < -0.39 is 0 Å². The van der Waals surface area contributed by atoms with Gasteiger partial charge < -0.3 is 15.0 Å². The molecule has 6 nitrogen and oxygen atoms in total. The Labute approximate surface area is 111 Å². The maximum Gasteiger partial charge on any atom is 0.253 e. The van der Waals surface area contributed by atoms with Gasteiger partial charge in [0.25, 0.3) is 5.91 Å². The minimum Gasteiger partial charge on any atom is -0.396 e. The number of rotatable bonds is 5. The number of carbonyl (C=O) groups is 1. The minimum absolute atomic E-state index is 0.0167. The van der Waals surface area contributed by atoms with Gasteiger partial charge in [-0.25, -0.2) is 9.97 Å². The van der Waals surface area contributed by atoms with Crippen molar-refractivity contribution in [3.8, 4) is 0 Å². The van der Waals surface area contributed by atoms with E-state index in [0.29, 0.717) is 17.5 Å². The lowest BCUT2D eigenvalue weighted by molar-refractivity contribution is 0.0929. The Bertz CT molecular complexity index is 579. The number of hydrogen-bond acceptors (Lipinski definition) is 4. The van der Waals surface area contributed by atoms with Gasteiger partial charge in [-0.05, 0) is 18.9 Å². The van der Waals surface area contributed by atoms with E-state index in [0.717, 1.165) is 12.1 Å². The van der Waals surface area contributed by atoms with Crippen molar-refractivity contribution >= 4 is 17.1 Å². The molecule has 2 rings (SSSR count). The van der Waals surface area contributed by atoms with Crippen LogP contribution in [-0.2, 0) is 7.05 Å². The Kier molecular flexibility index (Phi) is 4.11. The van der Waals surface area contributed by atoms with Gasteiger partial charge in [-0.2, -0.15) is 0 Å². The number of aliphatic hydroxyl groups is 1. The molecular formula is C13H18N4O2. The zero-order valence-corrected chi connectivity index (χ0v) is 11.1. The van der Waals surface area contributed by atoms with Crippen molar-refractivity contribution in [3.05, 3.63) is 24.2 Å². The summed E-state index contributed by atoms with van der Waals surface area (Å²) in [6, 6.07) is 1.71. The Hall–Kier alpha value is -1.95. The van der Waals surface area contributed by atoms with Crippen molar-refractivity contribution in [2.24, 2.45) is 7.05 Å². The van der Waals surface area contributed by atoms with Crippen LogP contribution in [0, 0.1) is 0 Å². The highest BCUT2D eigenvalue weighted by Crippen LogP contribution is 2.11. The predicted octanol–water partition coefficient (Wildman–Crippen LogP) is 0.859. The predicted molar refractivity (Wildman–Crippen MR) is 71.8 cm³/mol. The highest BCUT2D eigenvalue weighted by molar-refractivity contribution is 5.96. The summed E-state index contributed by atoms with van der Waals surface area (Å²) < 4.78 is 1.80. The van der Waals surface area contributed by atoms with Gasteiger partial charge in [-0.15, -0.1) is 0 Å². The summed E-state index contributed by atoms with van der Waals surface area (Å²) in [5, 5.41) is 11.8. The highest BCUT2D eigenvalue weighted by atomic mass is 16.3. The molecule has 102 valence electrons. The van der Waals surface area contributed by atoms with E-state index in [1.807, 2.05) is 14.0 Å². The molecule has 1 atom stereocenters. The number of hydrogen-bond donors (Lipinski definition) is 2. The average Bonchev–Trinajstić information content (AvgIpc) is 2.79. The van der Waals surface area contributed by atoms with Gasteiger partial charge in [0.15, 0.2) is 5.65 Å². The molecule has 0 bridgehead atoms. The van der Waals surface area contributed by atoms with Gasteiger partial charge in [0.2, 0.25) is 0 Å². The Balaban J connectivity index is 2.16. The molecule has 2 N–H and O–H groups in total. The van der Waals surface area contributed by atoms with Crippen LogP contribution in [-0.4, -0.2) is 38.2 Å². The second-order valence-corrected chi connectivity index (χ2v) is 4.51. The van der Waals surface area contributed by atoms with E-state index in [1.54, 1.807) is 23.2 Å². The quantitative estimate of drug-likeness (QED) is 0.837. The lowest BCUT2D eigenvalue weighted by Crippen LogP contribution is -2.35. The van der Waals surface area contributed by atoms with Crippen LogP contribution in [0.15, 0.2) is 18.6 Å². The summed E-state index contributed by atoms with van der Waals surface area (Å²) in [6.45, 7) is 2.04. The molecule has 2 aromatic rings. The fourth-order valence-electron chi connectivity index (χ4n) is 1.94. The first-order valence-corrected chi connectivity index (χ1v) is 6.34. The summed E-state index contributed by atoms with van der Waals surface area (Å²) in [5.74, 6) is -0.180. The van der Waals surface area contributed by atoms with E-state index >= 15 is 0 Å². The van der Waals surface area contributed by atoms with Crippen LogP contribution in [0.5, 0.6) is 0 Å². The van der Waals surface area contributed by atoms with Gasteiger partial charge in [0.1, 0.15) is 5.52 Å². The second-order valence-electron chi connectivity index (χ2n) is 4.51. The Morgan fingerprint density at radius 2 is 2.32 bits per heavy atom. The molecular weight excluding hydrogens is 244 g/mol. The number of nitrogens with one attached hydrogen (secondary N) is 1. The third-order valence-electron chi connectivity index (χ3n) is 3.12. The number of amides is 1. The lowest BCUT2D eigenvalue weighted by Gasteiger charge is -2.15. The van der Waals surface area contributed by atoms with E-state index in [-0.39, 0.29) is 18.6 Å². The standard InChI is InChI=1S/C13H18N4O2/c1-3-10(4-5-18)16-13(19)9-6-11-12(14-7-9)17(2)8-15-11/h6-8,10,18H,3-5H2,1-2H3,(H,16,19). The molecule has 0 saturated heterocycles. The van der Waals surface area contributed by atoms with E-state index in [2.05, 4.69) is 15.3 Å². The monoisotopic (exact) mass is 262 g/mol. The zero-order valence-electron chi connectivity index (χ0n) is 11.1. The lowest BCUT2D eigenvalue weighted by atomic mass is 10.1. The number of pyridine rings is 1. The summed E-state index contributed by atoms with van der Waals surface area (Å²) in [6.07, 6.45) is 4.55. The maximum absolute atomic E-state index is 12.1. The molecule has 0 aromatic carbocycles. The van der Waals surface area contributed by atoms with Crippen molar-refractivity contribution in [2.45, 2.75) is 25.8 Å². The molecule has 0 spiro atoms. The second kappa shape index (κ2) is 5.79. The Morgan fingerprint density at radius 3 is 3.00 bits per heavy atom. The molecule has 6 heteroatoms. The summed E-state index contributed by atoms with van der Waals surface area (Å²) in [4.78, 5) is 20.5. The van der Waals surface area contributed by atoms with Crippen molar-refractivity contribution in [1.82, 2.24) is 19.9 Å². The van der Waals surface area contributed by atoms with Crippen LogP contribution in [0.25, 0.3) is 11.2 Å². The summed E-state index contributed by atoms with van der Waals surface area (Å²) in [5.41, 5.74) is 1.94. The molecule has 2 heterocycles. The van der Waals surface area contributed by atoms with Gasteiger partial charge in [-0.1, -0.05) is 6.92 Å². The highest BCUT2D eigenvalue weighted by Gasteiger charge is 2.13. The van der Waals surface area contributed by atoms with E-state index in [9.17, 15) is 4.79 Å². The fourth-order valence-corrected chi connectivity index (χ4v) is 1.94. The fraction of sp³-hybridized carbons (Fsp3) is 0.462. The summed E-state index contributed by atoms with van der Waals surface area (Å²) >= 11 is 0. The van der Waals surface area contributed by atoms with Gasteiger partial charge in [0, 0.05) is 25.9 Å². The Morgan fingerprint density at radius 1 is 1.53 bits per heavy atom. The van der Waals surface area contributed by atoms with Crippen molar-refractivity contribution < 1.29 is 9.90 Å². The molecule has 19 heavy (non-hydrogen) atoms. The molecule has 0 saturated carbocycles. The molecule has 1 unspecified atom stereocenters. The average molecular weight is 262 g/mol. The van der Waals surface area contributed by atoms with E-state index in [4.69, 9.17) is 5.11 Å². The third-order valence-corrected chi connectivity index (χ3v) is 3.12. The van der Waals surface area contributed by atoms with Crippen LogP contribution >= 0.6 is 0 Å². The molecule has 1 amide bonds. The molecule has 0 aliphatic rings. The molecule has 0 fully saturated rings. The number of aliphatic hydroxyl groups excluding tert-OH is 1.